The molecule has 0 amide bonds. The molecule has 0 aliphatic heterocycles. The van der Waals surface area contributed by atoms with Crippen LogP contribution in [0.5, 0.6) is 0 Å². The average Bonchev–Trinajstić information content (AvgIpc) is 2.18. The van der Waals surface area contributed by atoms with Gasteiger partial charge in [0.1, 0.15) is 6.61 Å². The lowest BCUT2D eigenvalue weighted by Crippen LogP contribution is -2.07. The van der Waals surface area contributed by atoms with Gasteiger partial charge in [0.2, 0.25) is 0 Å². The zero-order valence-electron chi connectivity index (χ0n) is 7.58. The van der Waals surface area contributed by atoms with Gasteiger partial charge in [-0.05, 0) is 12.6 Å². The third kappa shape index (κ3) is 2.65. The van der Waals surface area contributed by atoms with E-state index in [1.54, 1.807) is 12.1 Å². The van der Waals surface area contributed by atoms with Crippen molar-refractivity contribution in [3.05, 3.63) is 35.4 Å². The Morgan fingerprint density at radius 2 is 2.00 bits per heavy atom. The first-order chi connectivity index (χ1) is 6.27. The van der Waals surface area contributed by atoms with Gasteiger partial charge in [-0.3, -0.25) is 4.79 Å². The maximum Gasteiger partial charge on any atom is 0.188 e. The molecular formula is C10H13NO2. The number of nitrogens with one attached hydrogen (secondary N) is 1. The molecule has 0 unspecified atom stereocenters. The number of benzene rings is 1. The summed E-state index contributed by atoms with van der Waals surface area (Å²) in [6, 6.07) is 7.20. The lowest BCUT2D eigenvalue weighted by molar-refractivity contribution is 0.0904. The molecule has 70 valence electrons. The van der Waals surface area contributed by atoms with E-state index in [1.165, 1.54) is 0 Å². The van der Waals surface area contributed by atoms with Gasteiger partial charge in [-0.1, -0.05) is 24.3 Å². The Balaban J connectivity index is 2.75. The Morgan fingerprint density at radius 1 is 1.38 bits per heavy atom. The molecule has 0 saturated heterocycles. The van der Waals surface area contributed by atoms with Crippen molar-refractivity contribution in [2.45, 2.75) is 6.54 Å². The SMILES string of the molecule is CNCc1ccc(C(=O)CO)cc1. The van der Waals surface area contributed by atoms with Gasteiger partial charge in [-0.2, -0.15) is 0 Å². The highest BCUT2D eigenvalue weighted by Crippen LogP contribution is 2.04. The first-order valence-electron chi connectivity index (χ1n) is 4.15. The van der Waals surface area contributed by atoms with E-state index in [-0.39, 0.29) is 5.78 Å². The van der Waals surface area contributed by atoms with Gasteiger partial charge >= 0.3 is 0 Å². The van der Waals surface area contributed by atoms with Crippen molar-refractivity contribution in [3.8, 4) is 0 Å². The molecule has 1 rings (SSSR count). The molecule has 0 spiro atoms. The van der Waals surface area contributed by atoms with Crippen LogP contribution in [0.2, 0.25) is 0 Å². The quantitative estimate of drug-likeness (QED) is 0.665. The van der Waals surface area contributed by atoms with Gasteiger partial charge < -0.3 is 10.4 Å². The van der Waals surface area contributed by atoms with Crippen molar-refractivity contribution in [1.82, 2.24) is 5.32 Å². The van der Waals surface area contributed by atoms with Gasteiger partial charge in [0.15, 0.2) is 5.78 Å². The minimum atomic E-state index is -0.425. The van der Waals surface area contributed by atoms with Gasteiger partial charge in [-0.25, -0.2) is 0 Å². The monoisotopic (exact) mass is 179 g/mol. The number of hydrogen-bond acceptors (Lipinski definition) is 3. The third-order valence-corrected chi connectivity index (χ3v) is 1.80. The molecule has 13 heavy (non-hydrogen) atoms. The molecular weight excluding hydrogens is 166 g/mol. The van der Waals surface area contributed by atoms with Crippen LogP contribution in [0, 0.1) is 0 Å². The van der Waals surface area contributed by atoms with E-state index in [2.05, 4.69) is 5.32 Å². The molecule has 2 N–H and O–H groups in total. The second-order valence-electron chi connectivity index (χ2n) is 2.81. The van der Waals surface area contributed by atoms with E-state index in [4.69, 9.17) is 5.11 Å². The highest BCUT2D eigenvalue weighted by Gasteiger charge is 2.02. The lowest BCUT2D eigenvalue weighted by Gasteiger charge is -2.01. The average molecular weight is 179 g/mol. The predicted octanol–water partition coefficient (Wildman–Crippen LogP) is 0.581. The van der Waals surface area contributed by atoms with Crippen LogP contribution in [0.1, 0.15) is 15.9 Å². The van der Waals surface area contributed by atoms with Crippen LogP contribution in [0.4, 0.5) is 0 Å². The Labute approximate surface area is 77.4 Å². The second-order valence-corrected chi connectivity index (χ2v) is 2.81. The number of carbonyl (C=O) groups excluding carboxylic acids is 1. The van der Waals surface area contributed by atoms with Crippen LogP contribution in [0.3, 0.4) is 0 Å². The highest BCUT2D eigenvalue weighted by molar-refractivity contribution is 5.96. The van der Waals surface area contributed by atoms with E-state index in [9.17, 15) is 4.79 Å². The molecule has 1 aromatic rings. The number of hydrogen-bond donors (Lipinski definition) is 2. The molecule has 0 aromatic heterocycles. The van der Waals surface area contributed by atoms with Crippen molar-refractivity contribution in [2.75, 3.05) is 13.7 Å². The number of aliphatic hydroxyl groups is 1. The number of carbonyl (C=O) groups is 1. The number of rotatable bonds is 4. The molecule has 0 heterocycles. The molecule has 0 bridgehead atoms. The number of ketones is 1. The summed E-state index contributed by atoms with van der Waals surface area (Å²) >= 11 is 0. The van der Waals surface area contributed by atoms with E-state index in [0.29, 0.717) is 5.56 Å². The fraction of sp³-hybridized carbons (Fsp3) is 0.300. The molecule has 0 fully saturated rings. The summed E-state index contributed by atoms with van der Waals surface area (Å²) in [5.74, 6) is -0.240. The van der Waals surface area contributed by atoms with Crippen LogP contribution in [0.15, 0.2) is 24.3 Å². The molecule has 0 saturated carbocycles. The fourth-order valence-electron chi connectivity index (χ4n) is 1.10. The Kier molecular flexibility index (Phi) is 3.61. The van der Waals surface area contributed by atoms with Gasteiger partial charge in [0.25, 0.3) is 0 Å². The molecule has 3 heteroatoms. The zero-order valence-corrected chi connectivity index (χ0v) is 7.58. The summed E-state index contributed by atoms with van der Waals surface area (Å²) in [7, 11) is 1.87. The molecule has 0 radical (unpaired) electrons. The van der Waals surface area contributed by atoms with Crippen molar-refractivity contribution in [3.63, 3.8) is 0 Å². The van der Waals surface area contributed by atoms with E-state index < -0.39 is 6.61 Å². The maximum atomic E-state index is 11.0. The van der Waals surface area contributed by atoms with Crippen molar-refractivity contribution in [2.24, 2.45) is 0 Å². The van der Waals surface area contributed by atoms with Crippen LogP contribution in [-0.2, 0) is 6.54 Å². The first-order valence-corrected chi connectivity index (χ1v) is 4.15. The van der Waals surface area contributed by atoms with Crippen molar-refractivity contribution in [1.29, 1.82) is 0 Å². The van der Waals surface area contributed by atoms with E-state index in [0.717, 1.165) is 12.1 Å². The molecule has 1 aromatic carbocycles. The Morgan fingerprint density at radius 3 is 2.46 bits per heavy atom. The molecule has 0 atom stereocenters. The molecule has 0 aliphatic carbocycles. The van der Waals surface area contributed by atoms with Gasteiger partial charge in [0, 0.05) is 12.1 Å². The highest BCUT2D eigenvalue weighted by atomic mass is 16.3. The fourth-order valence-corrected chi connectivity index (χ4v) is 1.10. The summed E-state index contributed by atoms with van der Waals surface area (Å²) in [4.78, 5) is 11.0. The summed E-state index contributed by atoms with van der Waals surface area (Å²) in [6.45, 7) is 0.360. The topological polar surface area (TPSA) is 49.3 Å². The maximum absolute atomic E-state index is 11.0. The summed E-state index contributed by atoms with van der Waals surface area (Å²) < 4.78 is 0. The minimum absolute atomic E-state index is 0.240. The first kappa shape index (κ1) is 9.89. The predicted molar refractivity (Wildman–Crippen MR) is 50.6 cm³/mol. The van der Waals surface area contributed by atoms with Gasteiger partial charge in [0.05, 0.1) is 0 Å². The van der Waals surface area contributed by atoms with Crippen LogP contribution in [0.25, 0.3) is 0 Å². The van der Waals surface area contributed by atoms with Crippen molar-refractivity contribution < 1.29 is 9.90 Å². The third-order valence-electron chi connectivity index (χ3n) is 1.80. The lowest BCUT2D eigenvalue weighted by atomic mass is 10.1. The second kappa shape index (κ2) is 4.74. The summed E-state index contributed by atoms with van der Waals surface area (Å²) in [6.07, 6.45) is 0. The Bertz CT molecular complexity index is 279. The van der Waals surface area contributed by atoms with Crippen LogP contribution < -0.4 is 5.32 Å². The molecule has 0 aliphatic rings. The van der Waals surface area contributed by atoms with E-state index >= 15 is 0 Å². The smallest absolute Gasteiger partial charge is 0.188 e. The zero-order chi connectivity index (χ0) is 9.68. The van der Waals surface area contributed by atoms with Crippen LogP contribution >= 0.6 is 0 Å². The normalized spacial score (nSPS) is 10.0. The number of aliphatic hydroxyl groups excluding tert-OH is 1. The number of Topliss-reactive ketones (excluding diaryl/α,β-unsaturated/α-hetero) is 1. The van der Waals surface area contributed by atoms with Crippen LogP contribution in [-0.4, -0.2) is 24.5 Å². The largest absolute Gasteiger partial charge is 0.388 e. The summed E-state index contributed by atoms with van der Waals surface area (Å²) in [5.41, 5.74) is 1.68. The van der Waals surface area contributed by atoms with Gasteiger partial charge in [-0.15, -0.1) is 0 Å². The Hall–Kier alpha value is -1.19. The standard InChI is InChI=1S/C10H13NO2/c1-11-6-8-2-4-9(5-3-8)10(13)7-12/h2-5,11-12H,6-7H2,1H3. The van der Waals surface area contributed by atoms with Crippen molar-refractivity contribution >= 4 is 5.78 Å². The minimum Gasteiger partial charge on any atom is -0.388 e. The molecule has 3 nitrogen and oxygen atoms in total. The summed E-state index contributed by atoms with van der Waals surface area (Å²) in [5, 5.41) is 11.6. The van der Waals surface area contributed by atoms with E-state index in [1.807, 2.05) is 19.2 Å².